The molecular formula is C14H18N4O2S. The molecule has 0 bridgehead atoms. The number of pyridine rings is 1. The number of fused-ring (bicyclic) bond motifs is 1. The third-order valence-electron chi connectivity index (χ3n) is 3.12. The normalized spacial score (nSPS) is 10.8. The number of carbonyl (C=O) groups is 1. The van der Waals surface area contributed by atoms with Gasteiger partial charge in [0.25, 0.3) is 0 Å². The highest BCUT2D eigenvalue weighted by atomic mass is 32.2. The summed E-state index contributed by atoms with van der Waals surface area (Å²) in [6.07, 6.45) is 1.70. The van der Waals surface area contributed by atoms with Crippen molar-refractivity contribution in [2.75, 3.05) is 18.8 Å². The van der Waals surface area contributed by atoms with Crippen LogP contribution < -0.4 is 5.69 Å². The molecule has 112 valence electrons. The Labute approximate surface area is 127 Å². The zero-order chi connectivity index (χ0) is 15.4. The standard InChI is InChI=1S/C14H18N4O2S/c1-4-17(5-2)12(19)9-21-13-15-11-7-6-10(3)8-18(11)14(20)16-13/h6-8H,4-5,9H2,1-3H3. The lowest BCUT2D eigenvalue weighted by atomic mass is 10.3. The maximum atomic E-state index is 11.9. The van der Waals surface area contributed by atoms with Gasteiger partial charge in [0.15, 0.2) is 5.16 Å². The monoisotopic (exact) mass is 306 g/mol. The van der Waals surface area contributed by atoms with E-state index in [0.29, 0.717) is 23.9 Å². The van der Waals surface area contributed by atoms with Crippen LogP contribution in [0.15, 0.2) is 28.3 Å². The average molecular weight is 306 g/mol. The Hall–Kier alpha value is -1.89. The van der Waals surface area contributed by atoms with Crippen LogP contribution in [-0.2, 0) is 4.79 Å². The second kappa shape index (κ2) is 6.71. The smallest absolute Gasteiger partial charge is 0.343 e. The quantitative estimate of drug-likeness (QED) is 0.780. The SMILES string of the molecule is CCN(CC)C(=O)CSc1nc(=O)n2cc(C)ccc2n1. The number of thioether (sulfide) groups is 1. The molecule has 6 nitrogen and oxygen atoms in total. The molecule has 2 aromatic rings. The van der Waals surface area contributed by atoms with Crippen LogP contribution in [0.3, 0.4) is 0 Å². The largest absolute Gasteiger partial charge is 0.355 e. The van der Waals surface area contributed by atoms with E-state index in [4.69, 9.17) is 0 Å². The molecule has 0 aromatic carbocycles. The van der Waals surface area contributed by atoms with Gasteiger partial charge in [0.05, 0.1) is 5.75 Å². The first-order chi connectivity index (χ1) is 10.0. The highest BCUT2D eigenvalue weighted by Gasteiger charge is 2.12. The van der Waals surface area contributed by atoms with Crippen molar-refractivity contribution in [2.24, 2.45) is 0 Å². The molecule has 0 saturated heterocycles. The topological polar surface area (TPSA) is 67.6 Å². The minimum Gasteiger partial charge on any atom is -0.343 e. The van der Waals surface area contributed by atoms with Crippen molar-refractivity contribution in [1.82, 2.24) is 19.3 Å². The highest BCUT2D eigenvalue weighted by Crippen LogP contribution is 2.13. The number of rotatable bonds is 5. The lowest BCUT2D eigenvalue weighted by molar-refractivity contribution is -0.127. The van der Waals surface area contributed by atoms with Crippen LogP contribution in [0.5, 0.6) is 0 Å². The molecule has 0 atom stereocenters. The van der Waals surface area contributed by atoms with Crippen LogP contribution in [0.2, 0.25) is 0 Å². The molecule has 0 aliphatic heterocycles. The molecule has 0 N–H and O–H groups in total. The molecule has 0 unspecified atom stereocenters. The molecule has 0 spiro atoms. The molecule has 7 heteroatoms. The minimum atomic E-state index is -0.374. The van der Waals surface area contributed by atoms with Crippen molar-refractivity contribution in [3.8, 4) is 0 Å². The summed E-state index contributed by atoms with van der Waals surface area (Å²) in [5.41, 5.74) is 1.13. The molecule has 0 saturated carbocycles. The van der Waals surface area contributed by atoms with Crippen molar-refractivity contribution in [1.29, 1.82) is 0 Å². The maximum absolute atomic E-state index is 11.9. The minimum absolute atomic E-state index is 0.0257. The van der Waals surface area contributed by atoms with Crippen molar-refractivity contribution >= 4 is 23.3 Å². The molecule has 0 fully saturated rings. The Morgan fingerprint density at radius 2 is 2.00 bits per heavy atom. The predicted molar refractivity (Wildman–Crippen MR) is 82.6 cm³/mol. The molecule has 0 radical (unpaired) electrons. The van der Waals surface area contributed by atoms with Gasteiger partial charge in [-0.15, -0.1) is 0 Å². The van der Waals surface area contributed by atoms with Gasteiger partial charge in [-0.2, -0.15) is 4.98 Å². The molecule has 2 aromatic heterocycles. The van der Waals surface area contributed by atoms with E-state index in [0.717, 1.165) is 5.56 Å². The van der Waals surface area contributed by atoms with Crippen molar-refractivity contribution < 1.29 is 4.79 Å². The van der Waals surface area contributed by atoms with E-state index in [2.05, 4.69) is 9.97 Å². The Balaban J connectivity index is 2.18. The summed E-state index contributed by atoms with van der Waals surface area (Å²) in [4.78, 5) is 33.8. The van der Waals surface area contributed by atoms with E-state index in [1.165, 1.54) is 16.2 Å². The summed E-state index contributed by atoms with van der Waals surface area (Å²) >= 11 is 1.19. The maximum Gasteiger partial charge on any atom is 0.355 e. The predicted octanol–water partition coefficient (Wildman–Crippen LogP) is 1.36. The highest BCUT2D eigenvalue weighted by molar-refractivity contribution is 7.99. The second-order valence-corrected chi connectivity index (χ2v) is 5.52. The zero-order valence-corrected chi connectivity index (χ0v) is 13.2. The number of hydrogen-bond donors (Lipinski definition) is 0. The van der Waals surface area contributed by atoms with Gasteiger partial charge in [0.2, 0.25) is 5.91 Å². The lowest BCUT2D eigenvalue weighted by Gasteiger charge is -2.17. The molecule has 0 aliphatic carbocycles. The van der Waals surface area contributed by atoms with Crippen molar-refractivity contribution in [3.05, 3.63) is 34.4 Å². The lowest BCUT2D eigenvalue weighted by Crippen LogP contribution is -2.32. The fourth-order valence-electron chi connectivity index (χ4n) is 1.96. The van der Waals surface area contributed by atoms with Crippen molar-refractivity contribution in [2.45, 2.75) is 25.9 Å². The van der Waals surface area contributed by atoms with Gasteiger partial charge in [-0.25, -0.2) is 9.78 Å². The molecule has 21 heavy (non-hydrogen) atoms. The Morgan fingerprint density at radius 1 is 1.29 bits per heavy atom. The summed E-state index contributed by atoms with van der Waals surface area (Å²) in [6, 6.07) is 3.66. The van der Waals surface area contributed by atoms with E-state index in [1.54, 1.807) is 17.2 Å². The molecule has 1 amide bonds. The summed E-state index contributed by atoms with van der Waals surface area (Å²) in [5.74, 6) is 0.265. The molecule has 2 heterocycles. The van der Waals surface area contributed by atoms with Gasteiger partial charge in [0, 0.05) is 19.3 Å². The van der Waals surface area contributed by atoms with Crippen LogP contribution in [-0.4, -0.2) is 44.0 Å². The van der Waals surface area contributed by atoms with Crippen LogP contribution in [0.25, 0.3) is 5.65 Å². The second-order valence-electron chi connectivity index (χ2n) is 4.58. The fraction of sp³-hybridized carbons (Fsp3) is 0.429. The third kappa shape index (κ3) is 3.60. The Morgan fingerprint density at radius 3 is 2.67 bits per heavy atom. The van der Waals surface area contributed by atoms with E-state index < -0.39 is 0 Å². The summed E-state index contributed by atoms with van der Waals surface area (Å²) < 4.78 is 1.41. The van der Waals surface area contributed by atoms with E-state index in [1.807, 2.05) is 26.8 Å². The third-order valence-corrected chi connectivity index (χ3v) is 3.96. The number of aryl methyl sites for hydroxylation is 1. The number of carbonyl (C=O) groups excluding carboxylic acids is 1. The number of amides is 1. The van der Waals surface area contributed by atoms with E-state index >= 15 is 0 Å². The molecule has 0 aliphatic rings. The summed E-state index contributed by atoms with van der Waals surface area (Å²) in [6.45, 7) is 7.13. The molecular weight excluding hydrogens is 288 g/mol. The van der Waals surface area contributed by atoms with Crippen LogP contribution in [0.4, 0.5) is 0 Å². The van der Waals surface area contributed by atoms with Gasteiger partial charge in [-0.1, -0.05) is 17.8 Å². The van der Waals surface area contributed by atoms with Gasteiger partial charge in [-0.3, -0.25) is 9.20 Å². The first-order valence-electron chi connectivity index (χ1n) is 6.82. The number of aromatic nitrogens is 3. The van der Waals surface area contributed by atoms with Crippen molar-refractivity contribution in [3.63, 3.8) is 0 Å². The van der Waals surface area contributed by atoms with E-state index in [-0.39, 0.29) is 17.3 Å². The number of nitrogens with zero attached hydrogens (tertiary/aromatic N) is 4. The first-order valence-corrected chi connectivity index (χ1v) is 7.81. The Bertz CT molecular complexity index is 710. The Kier molecular flexibility index (Phi) is 4.95. The zero-order valence-electron chi connectivity index (χ0n) is 12.4. The van der Waals surface area contributed by atoms with Gasteiger partial charge < -0.3 is 4.90 Å². The summed E-state index contributed by atoms with van der Waals surface area (Å²) in [7, 11) is 0. The fourth-order valence-corrected chi connectivity index (χ4v) is 2.70. The molecule has 2 rings (SSSR count). The van der Waals surface area contributed by atoms with Gasteiger partial charge >= 0.3 is 5.69 Å². The van der Waals surface area contributed by atoms with Gasteiger partial charge in [-0.05, 0) is 32.4 Å². The van der Waals surface area contributed by atoms with Crippen LogP contribution in [0, 0.1) is 6.92 Å². The van der Waals surface area contributed by atoms with Gasteiger partial charge in [0.1, 0.15) is 5.65 Å². The number of hydrogen-bond acceptors (Lipinski definition) is 5. The first kappa shape index (κ1) is 15.5. The van der Waals surface area contributed by atoms with Crippen LogP contribution >= 0.6 is 11.8 Å². The van der Waals surface area contributed by atoms with Crippen LogP contribution in [0.1, 0.15) is 19.4 Å². The average Bonchev–Trinajstić information content (AvgIpc) is 2.47. The van der Waals surface area contributed by atoms with E-state index in [9.17, 15) is 9.59 Å². The summed E-state index contributed by atoms with van der Waals surface area (Å²) in [5, 5.41) is 0.337.